The van der Waals surface area contributed by atoms with Crippen molar-refractivity contribution in [3.63, 3.8) is 0 Å². The number of ether oxygens (including phenoxy) is 2. The number of esters is 1. The molecule has 0 radical (unpaired) electrons. The number of nitrogen functional groups attached to an aromatic ring is 1. The third kappa shape index (κ3) is 5.46. The minimum atomic E-state index is -0.688. The van der Waals surface area contributed by atoms with Crippen molar-refractivity contribution in [1.29, 1.82) is 0 Å². The zero-order valence-corrected chi connectivity index (χ0v) is 17.6. The Labute approximate surface area is 186 Å². The smallest absolute Gasteiger partial charge is 0.343 e. The van der Waals surface area contributed by atoms with E-state index in [-0.39, 0.29) is 40.1 Å². The summed E-state index contributed by atoms with van der Waals surface area (Å²) in [5.74, 6) is -0.334. The fourth-order valence-electron chi connectivity index (χ4n) is 2.68. The second-order valence-electron chi connectivity index (χ2n) is 6.51. The highest BCUT2D eigenvalue weighted by Crippen LogP contribution is 2.29. The first-order valence-electron chi connectivity index (χ1n) is 9.49. The molecule has 0 aliphatic carbocycles. The van der Waals surface area contributed by atoms with Crippen LogP contribution in [0.2, 0.25) is 0 Å². The van der Waals surface area contributed by atoms with Gasteiger partial charge in [-0.3, -0.25) is 10.1 Å². The molecule has 0 saturated heterocycles. The highest BCUT2D eigenvalue weighted by atomic mass is 16.6. The molecule has 13 nitrogen and oxygen atoms in total. The number of carbonyl (C=O) groups is 1. The van der Waals surface area contributed by atoms with E-state index in [1.165, 1.54) is 37.4 Å². The Hall–Kier alpha value is -4.81. The summed E-state index contributed by atoms with van der Waals surface area (Å²) in [5, 5.41) is 25.5. The van der Waals surface area contributed by atoms with Crippen LogP contribution in [0.3, 0.4) is 0 Å². The molecule has 0 saturated carbocycles. The second-order valence-corrected chi connectivity index (χ2v) is 6.51. The maximum Gasteiger partial charge on any atom is 0.343 e. The van der Waals surface area contributed by atoms with E-state index in [0.29, 0.717) is 17.7 Å². The molecule has 13 heteroatoms. The standard InChI is InChI=1S/C20H19N7O6/c1-3-31-16-9-12(10-23-24-18(21)17-19(22)26-33-25-17)4-7-15(16)32-20(28)13-5-6-14(27(29)30)11(2)8-13/h4-10H,3H2,1-2H3,(H2,21,24)(H2,22,26)/b23-10-. The molecular formula is C20H19N7O6. The third-order valence-corrected chi connectivity index (χ3v) is 4.23. The molecule has 1 heterocycles. The van der Waals surface area contributed by atoms with Crippen molar-refractivity contribution in [1.82, 2.24) is 10.3 Å². The first kappa shape index (κ1) is 22.9. The molecule has 33 heavy (non-hydrogen) atoms. The Kier molecular flexibility index (Phi) is 6.93. The van der Waals surface area contributed by atoms with Gasteiger partial charge >= 0.3 is 5.97 Å². The molecule has 4 N–H and O–H groups in total. The number of hydrogen-bond donors (Lipinski definition) is 2. The van der Waals surface area contributed by atoms with Gasteiger partial charge in [0.05, 0.1) is 23.3 Å². The lowest BCUT2D eigenvalue weighted by Gasteiger charge is -2.11. The maximum absolute atomic E-state index is 12.5. The second kappa shape index (κ2) is 10.00. The van der Waals surface area contributed by atoms with E-state index in [0.717, 1.165) is 0 Å². The Morgan fingerprint density at radius 3 is 2.67 bits per heavy atom. The zero-order chi connectivity index (χ0) is 24.0. The number of nitrogens with two attached hydrogens (primary N) is 2. The third-order valence-electron chi connectivity index (χ3n) is 4.23. The summed E-state index contributed by atoms with van der Waals surface area (Å²) in [7, 11) is 0. The summed E-state index contributed by atoms with van der Waals surface area (Å²) in [4.78, 5) is 23.0. The molecule has 0 unspecified atom stereocenters. The van der Waals surface area contributed by atoms with Crippen LogP contribution >= 0.6 is 0 Å². The number of carbonyl (C=O) groups excluding carboxylic acids is 1. The van der Waals surface area contributed by atoms with E-state index in [9.17, 15) is 14.9 Å². The first-order valence-corrected chi connectivity index (χ1v) is 9.49. The van der Waals surface area contributed by atoms with Gasteiger partial charge in [-0.25, -0.2) is 9.42 Å². The largest absolute Gasteiger partial charge is 0.490 e. The fourth-order valence-corrected chi connectivity index (χ4v) is 2.68. The van der Waals surface area contributed by atoms with Crippen molar-refractivity contribution in [2.45, 2.75) is 13.8 Å². The molecule has 3 rings (SSSR count). The molecular weight excluding hydrogens is 434 g/mol. The van der Waals surface area contributed by atoms with E-state index in [4.69, 9.17) is 20.9 Å². The Morgan fingerprint density at radius 2 is 2.03 bits per heavy atom. The van der Waals surface area contributed by atoms with E-state index >= 15 is 0 Å². The van der Waals surface area contributed by atoms with Crippen molar-refractivity contribution < 1.29 is 23.8 Å². The summed E-state index contributed by atoms with van der Waals surface area (Å²) in [6.07, 6.45) is 1.39. The number of aromatic nitrogens is 2. The topological polar surface area (TPSA) is 194 Å². The molecule has 0 spiro atoms. The first-order chi connectivity index (χ1) is 15.8. The molecule has 3 aromatic rings. The summed E-state index contributed by atoms with van der Waals surface area (Å²) in [6.45, 7) is 3.62. The van der Waals surface area contributed by atoms with Crippen molar-refractivity contribution in [3.05, 3.63) is 68.9 Å². The lowest BCUT2D eigenvalue weighted by molar-refractivity contribution is -0.385. The predicted octanol–water partition coefficient (Wildman–Crippen LogP) is 2.23. The zero-order valence-electron chi connectivity index (χ0n) is 17.6. The molecule has 0 bridgehead atoms. The van der Waals surface area contributed by atoms with Crippen LogP contribution in [0.1, 0.15) is 34.1 Å². The van der Waals surface area contributed by atoms with Gasteiger partial charge in [0.1, 0.15) is 0 Å². The summed E-state index contributed by atoms with van der Waals surface area (Å²) in [6, 6.07) is 8.71. The van der Waals surface area contributed by atoms with Gasteiger partial charge in [-0.05, 0) is 60.1 Å². The molecule has 0 amide bonds. The number of nitrogens with zero attached hydrogens (tertiary/aromatic N) is 5. The van der Waals surface area contributed by atoms with Crippen LogP contribution in [0.5, 0.6) is 11.5 Å². The lowest BCUT2D eigenvalue weighted by atomic mass is 10.1. The van der Waals surface area contributed by atoms with E-state index in [1.54, 1.807) is 19.1 Å². The van der Waals surface area contributed by atoms with Gasteiger partial charge in [0, 0.05) is 11.6 Å². The van der Waals surface area contributed by atoms with Crippen molar-refractivity contribution in [3.8, 4) is 11.5 Å². The number of amidine groups is 1. The highest BCUT2D eigenvalue weighted by Gasteiger charge is 2.17. The molecule has 0 aliphatic heterocycles. The molecule has 0 aliphatic rings. The number of benzene rings is 2. The fraction of sp³-hybridized carbons (Fsp3) is 0.150. The van der Waals surface area contributed by atoms with Crippen molar-refractivity contribution in [2.75, 3.05) is 12.3 Å². The van der Waals surface area contributed by atoms with Crippen LogP contribution in [0, 0.1) is 17.0 Å². The minimum Gasteiger partial charge on any atom is -0.490 e. The molecule has 1 aromatic heterocycles. The monoisotopic (exact) mass is 453 g/mol. The summed E-state index contributed by atoms with van der Waals surface area (Å²) < 4.78 is 15.4. The SMILES string of the molecule is CCOc1cc(/C=N\N=C(\N)c2nonc2N)ccc1OC(=O)c1ccc([N+](=O)[O-])c(C)c1. The van der Waals surface area contributed by atoms with Crippen LogP contribution in [0.15, 0.2) is 51.2 Å². The lowest BCUT2D eigenvalue weighted by Crippen LogP contribution is -2.15. The quantitative estimate of drug-likeness (QED) is 0.127. The van der Waals surface area contributed by atoms with Crippen LogP contribution in [0.4, 0.5) is 11.5 Å². The van der Waals surface area contributed by atoms with Crippen LogP contribution < -0.4 is 20.9 Å². The van der Waals surface area contributed by atoms with Crippen LogP contribution in [-0.4, -0.2) is 39.9 Å². The average Bonchev–Trinajstić information content (AvgIpc) is 3.21. The van der Waals surface area contributed by atoms with Crippen LogP contribution in [0.25, 0.3) is 0 Å². The average molecular weight is 453 g/mol. The van der Waals surface area contributed by atoms with E-state index in [2.05, 4.69) is 25.1 Å². The number of rotatable bonds is 8. The number of anilines is 1. The molecule has 0 atom stereocenters. The van der Waals surface area contributed by atoms with Gasteiger partial charge in [0.2, 0.25) is 0 Å². The number of hydrogen-bond acceptors (Lipinski definition) is 11. The normalized spacial score (nSPS) is 11.5. The van der Waals surface area contributed by atoms with Crippen molar-refractivity contribution in [2.24, 2.45) is 15.9 Å². The van der Waals surface area contributed by atoms with E-state index in [1.807, 2.05) is 0 Å². The minimum absolute atomic E-state index is 0.0144. The highest BCUT2D eigenvalue weighted by molar-refractivity contribution is 5.99. The molecule has 2 aromatic carbocycles. The Balaban J connectivity index is 1.78. The number of aryl methyl sites for hydroxylation is 1. The van der Waals surface area contributed by atoms with Gasteiger partial charge in [0.15, 0.2) is 28.8 Å². The predicted molar refractivity (Wildman–Crippen MR) is 117 cm³/mol. The Morgan fingerprint density at radius 1 is 1.24 bits per heavy atom. The summed E-state index contributed by atoms with van der Waals surface area (Å²) in [5.41, 5.74) is 12.3. The number of nitro benzene ring substituents is 1. The van der Waals surface area contributed by atoms with Gasteiger partial charge in [-0.2, -0.15) is 5.10 Å². The van der Waals surface area contributed by atoms with Gasteiger partial charge < -0.3 is 20.9 Å². The van der Waals surface area contributed by atoms with Gasteiger partial charge in [0.25, 0.3) is 5.69 Å². The number of nitro groups is 1. The van der Waals surface area contributed by atoms with Gasteiger partial charge in [-0.15, -0.1) is 5.10 Å². The van der Waals surface area contributed by atoms with E-state index < -0.39 is 10.9 Å². The van der Waals surface area contributed by atoms with Gasteiger partial charge in [-0.1, -0.05) is 0 Å². The molecule has 170 valence electrons. The van der Waals surface area contributed by atoms with Crippen LogP contribution in [-0.2, 0) is 0 Å². The maximum atomic E-state index is 12.5. The van der Waals surface area contributed by atoms with Crippen molar-refractivity contribution >= 4 is 29.5 Å². The molecule has 0 fully saturated rings. The Bertz CT molecular complexity index is 1250. The summed E-state index contributed by atoms with van der Waals surface area (Å²) >= 11 is 0.